The number of aliphatic hydroxyl groups is 2. The molecule has 5 aromatic rings. The summed E-state index contributed by atoms with van der Waals surface area (Å²) in [6.45, 7) is 0.334. The first-order valence-corrected chi connectivity index (χ1v) is 17.4. The molecule has 3 aliphatic rings. The highest BCUT2D eigenvalue weighted by atomic mass is 16.3. The average Bonchev–Trinajstić information content (AvgIpc) is 3.51. The zero-order chi connectivity index (χ0) is 31.8. The lowest BCUT2D eigenvalue weighted by molar-refractivity contribution is 0.256. The van der Waals surface area contributed by atoms with Crippen LogP contribution in [0.2, 0.25) is 0 Å². The van der Waals surface area contributed by atoms with Gasteiger partial charge in [-0.15, -0.1) is 0 Å². The van der Waals surface area contributed by atoms with Crippen LogP contribution < -0.4 is 0 Å². The number of aromatic nitrogens is 2. The summed E-state index contributed by atoms with van der Waals surface area (Å²) in [4.78, 5) is 10.6. The van der Waals surface area contributed by atoms with Gasteiger partial charge in [0.25, 0.3) is 0 Å². The van der Waals surface area contributed by atoms with Crippen molar-refractivity contribution in [2.45, 2.75) is 68.6 Å². The van der Waals surface area contributed by atoms with E-state index in [9.17, 15) is 10.2 Å². The van der Waals surface area contributed by atoms with Crippen LogP contribution in [0.25, 0.3) is 45.6 Å². The van der Waals surface area contributed by atoms with Crippen molar-refractivity contribution in [3.8, 4) is 22.5 Å². The molecule has 4 nitrogen and oxygen atoms in total. The standard InChI is InChI=1S/C43H42N2O2/c46-26-12-24-42(34-18-8-6-16-32(34)40-36(42)28-30-14-3-1-2-4-20-38(30)44-40)22-11-23-43(25-13-27-47)35-19-9-7-17-33(35)41-37(43)29-31-15-5-10-21-39(31)45-41/h3-10,14-21,28-29,46-47H,1-2,11-13,22-27H2/b14-3-,20-4-. The summed E-state index contributed by atoms with van der Waals surface area (Å²) >= 11 is 0. The van der Waals surface area contributed by atoms with Gasteiger partial charge < -0.3 is 10.2 Å². The van der Waals surface area contributed by atoms with E-state index in [4.69, 9.17) is 9.97 Å². The predicted octanol–water partition coefficient (Wildman–Crippen LogP) is 9.40. The van der Waals surface area contributed by atoms with Gasteiger partial charge in [0.1, 0.15) is 0 Å². The minimum Gasteiger partial charge on any atom is -0.396 e. The van der Waals surface area contributed by atoms with Crippen molar-refractivity contribution in [3.05, 3.63) is 131 Å². The van der Waals surface area contributed by atoms with E-state index in [1.54, 1.807) is 0 Å². The summed E-state index contributed by atoms with van der Waals surface area (Å²) in [6.07, 6.45) is 17.1. The maximum atomic E-state index is 10.2. The van der Waals surface area contributed by atoms with E-state index in [1.807, 2.05) is 0 Å². The number of pyridine rings is 2. The van der Waals surface area contributed by atoms with Crippen LogP contribution in [-0.4, -0.2) is 33.4 Å². The third-order valence-electron chi connectivity index (χ3n) is 11.0. The van der Waals surface area contributed by atoms with Crippen molar-refractivity contribution >= 4 is 23.1 Å². The zero-order valence-electron chi connectivity index (χ0n) is 27.0. The summed E-state index contributed by atoms with van der Waals surface area (Å²) in [7, 11) is 0. The minimum atomic E-state index is -0.239. The molecule has 2 N–H and O–H groups in total. The Balaban J connectivity index is 1.24. The molecule has 0 amide bonds. The van der Waals surface area contributed by atoms with Gasteiger partial charge in [-0.25, -0.2) is 9.97 Å². The van der Waals surface area contributed by atoms with E-state index in [1.165, 1.54) is 38.9 Å². The number of fused-ring (bicyclic) bond motifs is 8. The fraction of sp³-hybridized carbons (Fsp3) is 0.302. The largest absolute Gasteiger partial charge is 0.396 e. The molecule has 3 aromatic carbocycles. The van der Waals surface area contributed by atoms with Crippen LogP contribution in [0.5, 0.6) is 0 Å². The average molecular weight is 619 g/mol. The molecule has 2 atom stereocenters. The van der Waals surface area contributed by atoms with Crippen molar-refractivity contribution in [2.24, 2.45) is 0 Å². The molecular formula is C43H42N2O2. The lowest BCUT2D eigenvalue weighted by Crippen LogP contribution is -2.30. The quantitative estimate of drug-likeness (QED) is 0.164. The van der Waals surface area contributed by atoms with Crippen LogP contribution >= 0.6 is 0 Å². The van der Waals surface area contributed by atoms with Crippen molar-refractivity contribution in [2.75, 3.05) is 13.2 Å². The van der Waals surface area contributed by atoms with E-state index in [-0.39, 0.29) is 24.0 Å². The van der Waals surface area contributed by atoms with E-state index in [0.717, 1.165) is 85.8 Å². The molecule has 0 bridgehead atoms. The van der Waals surface area contributed by atoms with Gasteiger partial charge in [-0.1, -0.05) is 91.4 Å². The Morgan fingerprint density at radius 2 is 1.11 bits per heavy atom. The molecule has 47 heavy (non-hydrogen) atoms. The Morgan fingerprint density at radius 3 is 1.79 bits per heavy atom. The third kappa shape index (κ3) is 4.89. The molecule has 2 unspecified atom stereocenters. The number of allylic oxidation sites excluding steroid dienone is 2. The van der Waals surface area contributed by atoms with Crippen molar-refractivity contribution in [1.82, 2.24) is 9.97 Å². The Kier molecular flexibility index (Phi) is 7.87. The van der Waals surface area contributed by atoms with Crippen LogP contribution in [0.3, 0.4) is 0 Å². The lowest BCUT2D eigenvalue weighted by Gasteiger charge is -2.36. The number of aliphatic hydroxyl groups excluding tert-OH is 2. The van der Waals surface area contributed by atoms with Crippen LogP contribution in [0, 0.1) is 0 Å². The Hall–Kier alpha value is -4.38. The molecule has 2 aromatic heterocycles. The van der Waals surface area contributed by atoms with Gasteiger partial charge in [0.05, 0.1) is 22.6 Å². The number of para-hydroxylation sites is 1. The van der Waals surface area contributed by atoms with Crippen LogP contribution in [-0.2, 0) is 10.8 Å². The van der Waals surface area contributed by atoms with E-state index >= 15 is 0 Å². The summed E-state index contributed by atoms with van der Waals surface area (Å²) in [5.41, 5.74) is 12.7. The maximum absolute atomic E-state index is 10.2. The molecule has 0 saturated heterocycles. The molecule has 3 aliphatic carbocycles. The van der Waals surface area contributed by atoms with E-state index in [0.29, 0.717) is 0 Å². The van der Waals surface area contributed by atoms with Crippen LogP contribution in [0.4, 0.5) is 0 Å². The van der Waals surface area contributed by atoms with Gasteiger partial charge in [-0.05, 0) is 97.9 Å². The topological polar surface area (TPSA) is 66.2 Å². The van der Waals surface area contributed by atoms with E-state index < -0.39 is 0 Å². The highest BCUT2D eigenvalue weighted by Crippen LogP contribution is 2.57. The molecule has 236 valence electrons. The highest BCUT2D eigenvalue weighted by Gasteiger charge is 2.47. The van der Waals surface area contributed by atoms with Crippen molar-refractivity contribution < 1.29 is 10.2 Å². The molecule has 4 heteroatoms. The maximum Gasteiger partial charge on any atom is 0.0753 e. The van der Waals surface area contributed by atoms with Crippen LogP contribution in [0.15, 0.2) is 97.1 Å². The van der Waals surface area contributed by atoms with Gasteiger partial charge in [0.15, 0.2) is 0 Å². The second kappa shape index (κ2) is 12.3. The van der Waals surface area contributed by atoms with Gasteiger partial charge in [-0.2, -0.15) is 0 Å². The zero-order valence-corrected chi connectivity index (χ0v) is 27.0. The van der Waals surface area contributed by atoms with Crippen molar-refractivity contribution in [1.29, 1.82) is 0 Å². The SMILES string of the molecule is OCCCC1(CCCC2(CCCO)c3ccccc3-c3nc4ccccc4cc32)c2ccccc2-c2nc3c(cc21)/C=C\CC/C=C\3. The fourth-order valence-electron chi connectivity index (χ4n) is 8.95. The summed E-state index contributed by atoms with van der Waals surface area (Å²) in [5, 5.41) is 21.5. The molecule has 0 saturated carbocycles. The van der Waals surface area contributed by atoms with Crippen LogP contribution in [0.1, 0.15) is 91.3 Å². The highest BCUT2D eigenvalue weighted by molar-refractivity contribution is 5.88. The molecule has 0 fully saturated rings. The Morgan fingerprint density at radius 1 is 0.553 bits per heavy atom. The summed E-state index contributed by atoms with van der Waals surface area (Å²) < 4.78 is 0. The first-order valence-electron chi connectivity index (χ1n) is 17.4. The third-order valence-corrected chi connectivity index (χ3v) is 11.0. The summed E-state index contributed by atoms with van der Waals surface area (Å²) in [5.74, 6) is 0. The van der Waals surface area contributed by atoms with Gasteiger partial charge >= 0.3 is 0 Å². The second-order valence-electron chi connectivity index (χ2n) is 13.6. The molecule has 0 spiro atoms. The normalized spacial score (nSPS) is 21.7. The number of nitrogens with zero attached hydrogens (tertiary/aromatic N) is 2. The number of rotatable bonds is 10. The monoisotopic (exact) mass is 618 g/mol. The number of benzene rings is 3. The lowest BCUT2D eigenvalue weighted by atomic mass is 9.67. The molecule has 0 aliphatic heterocycles. The fourth-order valence-corrected chi connectivity index (χ4v) is 8.95. The number of hydrogen-bond donors (Lipinski definition) is 2. The minimum absolute atomic E-state index is 0.167. The first kappa shape index (κ1) is 30.0. The smallest absolute Gasteiger partial charge is 0.0753 e. The first-order chi connectivity index (χ1) is 23.2. The number of hydrogen-bond acceptors (Lipinski definition) is 4. The Labute approximate surface area is 277 Å². The van der Waals surface area contributed by atoms with Crippen molar-refractivity contribution in [3.63, 3.8) is 0 Å². The second-order valence-corrected chi connectivity index (χ2v) is 13.6. The molecule has 8 rings (SSSR count). The van der Waals surface area contributed by atoms with E-state index in [2.05, 4.69) is 109 Å². The summed E-state index contributed by atoms with van der Waals surface area (Å²) in [6, 6.07) is 30.8. The predicted molar refractivity (Wildman–Crippen MR) is 192 cm³/mol. The molecule has 2 heterocycles. The van der Waals surface area contributed by atoms with Gasteiger partial charge in [0, 0.05) is 46.1 Å². The van der Waals surface area contributed by atoms with Gasteiger partial charge in [-0.3, -0.25) is 0 Å². The molecule has 0 radical (unpaired) electrons. The van der Waals surface area contributed by atoms with Gasteiger partial charge in [0.2, 0.25) is 0 Å². The molecular weight excluding hydrogens is 576 g/mol. The Bertz CT molecular complexity index is 2030.